The second kappa shape index (κ2) is 6.88. The lowest BCUT2D eigenvalue weighted by Crippen LogP contribution is -2.18. The molecular weight excluding hydrogens is 334 g/mol. The van der Waals surface area contributed by atoms with Crippen LogP contribution in [0, 0.1) is 5.82 Å². The van der Waals surface area contributed by atoms with Crippen LogP contribution in [-0.2, 0) is 12.7 Å². The molecule has 1 aromatic heterocycles. The van der Waals surface area contributed by atoms with Crippen molar-refractivity contribution in [3.05, 3.63) is 40.3 Å². The first-order valence-electron chi connectivity index (χ1n) is 7.01. The smallest absolute Gasteiger partial charge is 0.302 e. The molecule has 1 aromatic carbocycles. The molecule has 0 atom stereocenters. The van der Waals surface area contributed by atoms with Gasteiger partial charge in [-0.25, -0.2) is 4.39 Å². The van der Waals surface area contributed by atoms with Crippen molar-refractivity contribution in [2.45, 2.75) is 26.1 Å². The highest BCUT2D eigenvalue weighted by Gasteiger charge is 2.35. The van der Waals surface area contributed by atoms with Crippen molar-refractivity contribution in [2.24, 2.45) is 0 Å². The van der Waals surface area contributed by atoms with Gasteiger partial charge in [0.2, 0.25) is 0 Å². The molecule has 0 aliphatic heterocycles. The number of aromatic amines is 1. The van der Waals surface area contributed by atoms with Crippen LogP contribution in [0.15, 0.2) is 18.3 Å². The molecule has 0 amide bonds. The minimum atomic E-state index is -4.73. The Kier molecular flexibility index (Phi) is 5.31. The zero-order valence-electron chi connectivity index (χ0n) is 12.6. The maximum absolute atomic E-state index is 13.8. The minimum absolute atomic E-state index is 0.0663. The molecule has 0 radical (unpaired) electrons. The van der Waals surface area contributed by atoms with Crippen LogP contribution >= 0.6 is 11.6 Å². The molecule has 0 bridgehead atoms. The zero-order valence-corrected chi connectivity index (χ0v) is 13.4. The van der Waals surface area contributed by atoms with Crippen molar-refractivity contribution >= 4 is 11.6 Å². The number of aromatic nitrogens is 2. The molecule has 2 rings (SSSR count). The molecule has 3 nitrogen and oxygen atoms in total. The molecule has 2 aromatic rings. The average Bonchev–Trinajstić information content (AvgIpc) is 2.88. The molecule has 8 heteroatoms. The van der Waals surface area contributed by atoms with E-state index in [-0.39, 0.29) is 5.56 Å². The molecule has 0 aliphatic carbocycles. The number of rotatable bonds is 5. The second-order valence-corrected chi connectivity index (χ2v) is 5.70. The Morgan fingerprint density at radius 2 is 2.00 bits per heavy atom. The van der Waals surface area contributed by atoms with Crippen LogP contribution in [0.25, 0.3) is 11.3 Å². The van der Waals surface area contributed by atoms with Gasteiger partial charge in [-0.1, -0.05) is 18.5 Å². The Balaban J connectivity index is 2.44. The summed E-state index contributed by atoms with van der Waals surface area (Å²) in [5.74, 6) is -1.11. The van der Waals surface area contributed by atoms with Crippen molar-refractivity contribution in [2.75, 3.05) is 13.6 Å². The molecule has 0 saturated carbocycles. The van der Waals surface area contributed by atoms with Crippen molar-refractivity contribution in [3.8, 4) is 11.3 Å². The molecule has 1 heterocycles. The number of nitrogens with one attached hydrogen (secondary N) is 1. The van der Waals surface area contributed by atoms with E-state index in [1.807, 2.05) is 18.9 Å². The van der Waals surface area contributed by atoms with E-state index in [0.717, 1.165) is 25.1 Å². The second-order valence-electron chi connectivity index (χ2n) is 5.33. The van der Waals surface area contributed by atoms with Gasteiger partial charge in [0.25, 0.3) is 0 Å². The summed E-state index contributed by atoms with van der Waals surface area (Å²) in [7, 11) is 1.89. The molecule has 0 unspecified atom stereocenters. The van der Waals surface area contributed by atoms with Gasteiger partial charge in [-0.3, -0.25) is 5.10 Å². The average molecular weight is 350 g/mol. The first-order valence-corrected chi connectivity index (χ1v) is 7.39. The molecule has 0 saturated heterocycles. The maximum Gasteiger partial charge on any atom is 0.417 e. The SMILES string of the molecule is CCCN(C)Cc1cn[nH]c1-c1cc(F)c(Cl)c(C(F)(F)F)c1. The van der Waals surface area contributed by atoms with Gasteiger partial charge in [0, 0.05) is 17.7 Å². The Morgan fingerprint density at radius 3 is 2.61 bits per heavy atom. The predicted molar refractivity (Wildman–Crippen MR) is 80.6 cm³/mol. The number of H-pyrrole nitrogens is 1. The largest absolute Gasteiger partial charge is 0.417 e. The maximum atomic E-state index is 13.8. The Bertz CT molecular complexity index is 682. The van der Waals surface area contributed by atoms with E-state index in [1.165, 1.54) is 6.20 Å². The Hall–Kier alpha value is -1.60. The van der Waals surface area contributed by atoms with Crippen molar-refractivity contribution in [3.63, 3.8) is 0 Å². The monoisotopic (exact) mass is 349 g/mol. The van der Waals surface area contributed by atoms with E-state index in [1.54, 1.807) is 0 Å². The summed E-state index contributed by atoms with van der Waals surface area (Å²) in [6.07, 6.45) is -2.26. The fourth-order valence-electron chi connectivity index (χ4n) is 2.37. The summed E-state index contributed by atoms with van der Waals surface area (Å²) >= 11 is 5.45. The van der Waals surface area contributed by atoms with Gasteiger partial charge in [0.1, 0.15) is 5.82 Å². The van der Waals surface area contributed by atoms with E-state index in [9.17, 15) is 17.6 Å². The lowest BCUT2D eigenvalue weighted by molar-refractivity contribution is -0.137. The third-order valence-corrected chi connectivity index (χ3v) is 3.77. The zero-order chi connectivity index (χ0) is 17.2. The van der Waals surface area contributed by atoms with Gasteiger partial charge in [0.15, 0.2) is 0 Å². The van der Waals surface area contributed by atoms with Gasteiger partial charge in [-0.2, -0.15) is 18.3 Å². The van der Waals surface area contributed by atoms with E-state index in [0.29, 0.717) is 17.8 Å². The fourth-order valence-corrected chi connectivity index (χ4v) is 2.59. The van der Waals surface area contributed by atoms with E-state index in [2.05, 4.69) is 10.2 Å². The minimum Gasteiger partial charge on any atom is -0.302 e. The number of alkyl halides is 3. The number of hydrogen-bond acceptors (Lipinski definition) is 2. The lowest BCUT2D eigenvalue weighted by Gasteiger charge is -2.16. The van der Waals surface area contributed by atoms with Crippen molar-refractivity contribution in [1.29, 1.82) is 0 Å². The summed E-state index contributed by atoms with van der Waals surface area (Å²) in [5.41, 5.74) is -0.0851. The number of hydrogen-bond donors (Lipinski definition) is 1. The molecule has 0 fully saturated rings. The van der Waals surface area contributed by atoms with E-state index >= 15 is 0 Å². The van der Waals surface area contributed by atoms with Gasteiger partial charge < -0.3 is 4.90 Å². The highest BCUT2D eigenvalue weighted by atomic mass is 35.5. The predicted octanol–water partition coefficient (Wildman–Crippen LogP) is 4.73. The molecule has 1 N–H and O–H groups in total. The highest BCUT2D eigenvalue weighted by molar-refractivity contribution is 6.31. The quantitative estimate of drug-likeness (QED) is 0.791. The summed E-state index contributed by atoms with van der Waals surface area (Å²) in [6.45, 7) is 3.34. The van der Waals surface area contributed by atoms with Crippen LogP contribution in [-0.4, -0.2) is 28.7 Å². The van der Waals surface area contributed by atoms with Gasteiger partial charge in [-0.15, -0.1) is 0 Å². The van der Waals surface area contributed by atoms with Gasteiger partial charge in [0.05, 0.1) is 22.5 Å². The topological polar surface area (TPSA) is 31.9 Å². The van der Waals surface area contributed by atoms with Crippen LogP contribution in [0.2, 0.25) is 5.02 Å². The standard InChI is InChI=1S/C15H16ClF4N3/c1-3-4-23(2)8-10-7-21-22-14(10)9-5-11(15(18,19)20)13(16)12(17)6-9/h5-7H,3-4,8H2,1-2H3,(H,21,22). The Morgan fingerprint density at radius 1 is 1.30 bits per heavy atom. The normalized spacial score (nSPS) is 12.2. The van der Waals surface area contributed by atoms with Gasteiger partial charge in [-0.05, 0) is 32.1 Å². The molecule has 0 spiro atoms. The number of halogens is 5. The summed E-state index contributed by atoms with van der Waals surface area (Å²) in [4.78, 5) is 2.01. The third kappa shape index (κ3) is 4.03. The third-order valence-electron chi connectivity index (χ3n) is 3.39. The van der Waals surface area contributed by atoms with Crippen molar-refractivity contribution < 1.29 is 17.6 Å². The van der Waals surface area contributed by atoms with Gasteiger partial charge >= 0.3 is 6.18 Å². The molecule has 0 aliphatic rings. The number of benzene rings is 1. The van der Waals surface area contributed by atoms with Crippen LogP contribution in [0.4, 0.5) is 17.6 Å². The molecular formula is C15H16ClF4N3. The molecule has 126 valence electrons. The lowest BCUT2D eigenvalue weighted by atomic mass is 10.0. The Labute approximate surface area is 136 Å². The highest BCUT2D eigenvalue weighted by Crippen LogP contribution is 2.39. The van der Waals surface area contributed by atoms with Crippen LogP contribution in [0.5, 0.6) is 0 Å². The first-order chi connectivity index (χ1) is 10.7. The first kappa shape index (κ1) is 17.7. The fraction of sp³-hybridized carbons (Fsp3) is 0.400. The van der Waals surface area contributed by atoms with Crippen LogP contribution in [0.3, 0.4) is 0 Å². The van der Waals surface area contributed by atoms with E-state index in [4.69, 9.17) is 11.6 Å². The van der Waals surface area contributed by atoms with Crippen molar-refractivity contribution in [1.82, 2.24) is 15.1 Å². The number of nitrogens with zero attached hydrogens (tertiary/aromatic N) is 2. The summed E-state index contributed by atoms with van der Waals surface area (Å²) in [6, 6.07) is 1.82. The summed E-state index contributed by atoms with van der Waals surface area (Å²) in [5, 5.41) is 5.58. The molecule has 23 heavy (non-hydrogen) atoms. The summed E-state index contributed by atoms with van der Waals surface area (Å²) < 4.78 is 52.7. The van der Waals surface area contributed by atoms with Crippen LogP contribution < -0.4 is 0 Å². The van der Waals surface area contributed by atoms with Crippen LogP contribution in [0.1, 0.15) is 24.5 Å². The van der Waals surface area contributed by atoms with E-state index < -0.39 is 22.6 Å².